The first-order valence-corrected chi connectivity index (χ1v) is 9.07. The van der Waals surface area contributed by atoms with E-state index in [0.717, 1.165) is 17.9 Å². The average molecular weight is 296 g/mol. The Balaban J connectivity index is 1.92. The van der Waals surface area contributed by atoms with E-state index in [1.54, 1.807) is 0 Å². The number of hydrogen-bond acceptors (Lipinski definition) is 3. The SMILES string of the molecule is CCCC1CCC(NC)C(CN2CCN(C)C(C)(C)C2)C1. The van der Waals surface area contributed by atoms with Gasteiger partial charge in [0.1, 0.15) is 0 Å². The van der Waals surface area contributed by atoms with Crippen LogP contribution in [0.2, 0.25) is 0 Å². The van der Waals surface area contributed by atoms with Gasteiger partial charge in [0.2, 0.25) is 0 Å². The first-order valence-electron chi connectivity index (χ1n) is 9.07. The quantitative estimate of drug-likeness (QED) is 0.841. The van der Waals surface area contributed by atoms with Crippen LogP contribution in [0.5, 0.6) is 0 Å². The van der Waals surface area contributed by atoms with E-state index >= 15 is 0 Å². The van der Waals surface area contributed by atoms with E-state index in [9.17, 15) is 0 Å². The van der Waals surface area contributed by atoms with Gasteiger partial charge in [-0.1, -0.05) is 19.8 Å². The highest BCUT2D eigenvalue weighted by Gasteiger charge is 2.35. The van der Waals surface area contributed by atoms with Crippen LogP contribution in [0.1, 0.15) is 52.9 Å². The van der Waals surface area contributed by atoms with E-state index in [1.807, 2.05) is 0 Å². The normalized spacial score (nSPS) is 35.0. The molecule has 1 saturated heterocycles. The summed E-state index contributed by atoms with van der Waals surface area (Å²) in [5, 5.41) is 3.60. The van der Waals surface area contributed by atoms with Gasteiger partial charge in [-0.3, -0.25) is 9.80 Å². The predicted molar refractivity (Wildman–Crippen MR) is 91.7 cm³/mol. The third-order valence-electron chi connectivity index (χ3n) is 6.05. The summed E-state index contributed by atoms with van der Waals surface area (Å²) >= 11 is 0. The van der Waals surface area contributed by atoms with Crippen molar-refractivity contribution >= 4 is 0 Å². The van der Waals surface area contributed by atoms with E-state index in [-0.39, 0.29) is 0 Å². The molecule has 3 heteroatoms. The Morgan fingerprint density at radius 2 is 1.95 bits per heavy atom. The molecule has 2 fully saturated rings. The van der Waals surface area contributed by atoms with Gasteiger partial charge in [-0.25, -0.2) is 0 Å². The van der Waals surface area contributed by atoms with E-state index in [0.29, 0.717) is 5.54 Å². The lowest BCUT2D eigenvalue weighted by atomic mass is 9.76. The summed E-state index contributed by atoms with van der Waals surface area (Å²) in [4.78, 5) is 5.24. The molecule has 2 aliphatic rings. The summed E-state index contributed by atoms with van der Waals surface area (Å²) < 4.78 is 0. The van der Waals surface area contributed by atoms with Crippen LogP contribution in [0.15, 0.2) is 0 Å². The molecule has 0 bridgehead atoms. The van der Waals surface area contributed by atoms with Crippen molar-refractivity contribution in [2.75, 3.05) is 40.3 Å². The Kier molecular flexibility index (Phi) is 6.10. The van der Waals surface area contributed by atoms with Gasteiger partial charge >= 0.3 is 0 Å². The second kappa shape index (κ2) is 7.43. The summed E-state index contributed by atoms with van der Waals surface area (Å²) in [5.74, 6) is 1.82. The van der Waals surface area contributed by atoms with Gasteiger partial charge in [0.05, 0.1) is 0 Å². The molecule has 2 rings (SSSR count). The molecule has 1 aliphatic carbocycles. The molecule has 0 aromatic carbocycles. The minimum atomic E-state index is 0.324. The van der Waals surface area contributed by atoms with Crippen LogP contribution in [0.25, 0.3) is 0 Å². The maximum absolute atomic E-state index is 3.60. The fraction of sp³-hybridized carbons (Fsp3) is 1.00. The number of rotatable bonds is 5. The third-order valence-corrected chi connectivity index (χ3v) is 6.05. The maximum atomic E-state index is 3.60. The Hall–Kier alpha value is -0.120. The molecule has 1 N–H and O–H groups in total. The molecule has 0 radical (unpaired) electrons. The number of nitrogens with zero attached hydrogens (tertiary/aromatic N) is 2. The molecular formula is C18H37N3. The molecule has 0 amide bonds. The Morgan fingerprint density at radius 3 is 2.57 bits per heavy atom. The van der Waals surface area contributed by atoms with Crippen LogP contribution >= 0.6 is 0 Å². The lowest BCUT2D eigenvalue weighted by Crippen LogP contribution is -2.59. The Morgan fingerprint density at radius 1 is 1.19 bits per heavy atom. The van der Waals surface area contributed by atoms with Crippen molar-refractivity contribution in [2.24, 2.45) is 11.8 Å². The lowest BCUT2D eigenvalue weighted by Gasteiger charge is -2.47. The van der Waals surface area contributed by atoms with Crippen molar-refractivity contribution < 1.29 is 0 Å². The first kappa shape index (κ1) is 17.2. The van der Waals surface area contributed by atoms with Crippen molar-refractivity contribution in [2.45, 2.75) is 64.5 Å². The lowest BCUT2D eigenvalue weighted by molar-refractivity contribution is 0.0218. The molecule has 1 saturated carbocycles. The monoisotopic (exact) mass is 295 g/mol. The average Bonchev–Trinajstić information content (AvgIpc) is 2.43. The van der Waals surface area contributed by atoms with Crippen molar-refractivity contribution in [3.8, 4) is 0 Å². The third kappa shape index (κ3) is 4.43. The molecule has 0 aromatic heterocycles. The van der Waals surface area contributed by atoms with Gasteiger partial charge in [-0.2, -0.15) is 0 Å². The molecular weight excluding hydrogens is 258 g/mol. The fourth-order valence-corrected chi connectivity index (χ4v) is 4.44. The zero-order chi connectivity index (χ0) is 15.5. The van der Waals surface area contributed by atoms with Gasteiger partial charge < -0.3 is 5.32 Å². The van der Waals surface area contributed by atoms with Crippen LogP contribution in [0, 0.1) is 11.8 Å². The van der Waals surface area contributed by atoms with Gasteiger partial charge in [0, 0.05) is 37.8 Å². The highest BCUT2D eigenvalue weighted by Crippen LogP contribution is 2.33. The van der Waals surface area contributed by atoms with E-state index in [1.165, 1.54) is 58.3 Å². The highest BCUT2D eigenvalue weighted by molar-refractivity contribution is 4.92. The van der Waals surface area contributed by atoms with Gasteiger partial charge in [0.15, 0.2) is 0 Å². The molecule has 124 valence electrons. The standard InChI is InChI=1S/C18H37N3/c1-6-7-15-8-9-17(19-4)16(12-15)13-21-11-10-20(5)18(2,3)14-21/h15-17,19H,6-14H2,1-5H3. The molecule has 0 spiro atoms. The van der Waals surface area contributed by atoms with Crippen LogP contribution < -0.4 is 5.32 Å². The van der Waals surface area contributed by atoms with Gasteiger partial charge in [-0.15, -0.1) is 0 Å². The highest BCUT2D eigenvalue weighted by atomic mass is 15.3. The predicted octanol–water partition coefficient (Wildman–Crippen LogP) is 2.82. The van der Waals surface area contributed by atoms with Crippen LogP contribution in [0.4, 0.5) is 0 Å². The maximum Gasteiger partial charge on any atom is 0.0277 e. The number of likely N-dealkylation sites (N-methyl/N-ethyl adjacent to an activating group) is 1. The molecule has 3 nitrogen and oxygen atoms in total. The van der Waals surface area contributed by atoms with Gasteiger partial charge in [0.25, 0.3) is 0 Å². The van der Waals surface area contributed by atoms with Crippen molar-refractivity contribution in [3.63, 3.8) is 0 Å². The fourth-order valence-electron chi connectivity index (χ4n) is 4.44. The second-order valence-corrected chi connectivity index (χ2v) is 8.09. The number of hydrogen-bond donors (Lipinski definition) is 1. The first-order chi connectivity index (χ1) is 9.96. The van der Waals surface area contributed by atoms with Crippen molar-refractivity contribution in [3.05, 3.63) is 0 Å². The van der Waals surface area contributed by atoms with E-state index in [2.05, 4.69) is 50.0 Å². The Bertz CT molecular complexity index is 316. The van der Waals surface area contributed by atoms with Gasteiger partial charge in [-0.05, 0) is 59.0 Å². The van der Waals surface area contributed by atoms with Crippen LogP contribution in [-0.4, -0.2) is 61.7 Å². The van der Waals surface area contributed by atoms with Crippen molar-refractivity contribution in [1.82, 2.24) is 15.1 Å². The zero-order valence-corrected chi connectivity index (χ0v) is 15.0. The van der Waals surface area contributed by atoms with Crippen molar-refractivity contribution in [1.29, 1.82) is 0 Å². The molecule has 0 aromatic rings. The topological polar surface area (TPSA) is 18.5 Å². The minimum Gasteiger partial charge on any atom is -0.317 e. The summed E-state index contributed by atoms with van der Waals surface area (Å²) in [6, 6.07) is 0.737. The molecule has 3 atom stereocenters. The largest absolute Gasteiger partial charge is 0.317 e. The Labute approximate surface area is 132 Å². The van der Waals surface area contributed by atoms with Crippen LogP contribution in [0.3, 0.4) is 0 Å². The second-order valence-electron chi connectivity index (χ2n) is 8.09. The summed E-state index contributed by atoms with van der Waals surface area (Å²) in [5.41, 5.74) is 0.324. The zero-order valence-electron chi connectivity index (χ0n) is 15.0. The number of nitrogens with one attached hydrogen (secondary N) is 1. The van der Waals surface area contributed by atoms with E-state index in [4.69, 9.17) is 0 Å². The van der Waals surface area contributed by atoms with E-state index < -0.39 is 0 Å². The number of piperazine rings is 1. The molecule has 21 heavy (non-hydrogen) atoms. The summed E-state index contributed by atoms with van der Waals surface area (Å²) in [6.45, 7) is 12.1. The van der Waals surface area contributed by atoms with Crippen LogP contribution in [-0.2, 0) is 0 Å². The molecule has 1 heterocycles. The summed E-state index contributed by atoms with van der Waals surface area (Å²) in [6.07, 6.45) is 7.03. The minimum absolute atomic E-state index is 0.324. The molecule has 1 aliphatic heterocycles. The summed E-state index contributed by atoms with van der Waals surface area (Å²) in [7, 11) is 4.43. The molecule has 3 unspecified atom stereocenters. The smallest absolute Gasteiger partial charge is 0.0277 e.